The summed E-state index contributed by atoms with van der Waals surface area (Å²) in [6.45, 7) is 6.95. The molecule has 21 heavy (non-hydrogen) atoms. The smallest absolute Gasteiger partial charge is 0.261 e. The summed E-state index contributed by atoms with van der Waals surface area (Å²) in [5, 5.41) is 0. The molecule has 3 rings (SSSR count). The van der Waals surface area contributed by atoms with Gasteiger partial charge in [-0.2, -0.15) is 8.42 Å². The SMILES string of the molecule is CC1(C)c2ccccc2OC1N1CCCC1.CS(=O)(=O)O. The summed E-state index contributed by atoms with van der Waals surface area (Å²) in [5.41, 5.74) is 1.47. The Bertz CT molecular complexity index is 583. The highest BCUT2D eigenvalue weighted by Gasteiger charge is 2.45. The maximum atomic E-state index is 9.19. The molecular formula is C15H23NO4S. The van der Waals surface area contributed by atoms with Crippen molar-refractivity contribution in [2.45, 2.75) is 38.3 Å². The summed E-state index contributed by atoms with van der Waals surface area (Å²) in [7, 11) is -3.67. The summed E-state index contributed by atoms with van der Waals surface area (Å²) < 4.78 is 32.0. The van der Waals surface area contributed by atoms with Gasteiger partial charge in [-0.05, 0) is 18.9 Å². The van der Waals surface area contributed by atoms with E-state index in [2.05, 4.69) is 43.0 Å². The number of fused-ring (bicyclic) bond motifs is 1. The molecule has 0 radical (unpaired) electrons. The zero-order chi connectivity index (χ0) is 15.7. The van der Waals surface area contributed by atoms with Crippen molar-refractivity contribution in [2.75, 3.05) is 19.3 Å². The Balaban J connectivity index is 0.000000282. The van der Waals surface area contributed by atoms with E-state index in [1.807, 2.05) is 0 Å². The molecule has 2 heterocycles. The quantitative estimate of drug-likeness (QED) is 0.806. The zero-order valence-electron chi connectivity index (χ0n) is 12.7. The molecule has 0 aliphatic carbocycles. The maximum absolute atomic E-state index is 9.19. The van der Waals surface area contributed by atoms with E-state index in [4.69, 9.17) is 9.29 Å². The van der Waals surface area contributed by atoms with Gasteiger partial charge in [0.1, 0.15) is 5.75 Å². The third-order valence-electron chi connectivity index (χ3n) is 3.91. The van der Waals surface area contributed by atoms with Crippen molar-refractivity contribution in [3.05, 3.63) is 29.8 Å². The molecule has 2 aliphatic heterocycles. The summed E-state index contributed by atoms with van der Waals surface area (Å²) in [4.78, 5) is 2.49. The van der Waals surface area contributed by atoms with Gasteiger partial charge in [0, 0.05) is 24.1 Å². The Morgan fingerprint density at radius 2 is 1.76 bits per heavy atom. The van der Waals surface area contributed by atoms with Crippen LogP contribution < -0.4 is 4.74 Å². The van der Waals surface area contributed by atoms with E-state index in [0.717, 1.165) is 5.75 Å². The molecule has 0 aromatic heterocycles. The van der Waals surface area contributed by atoms with Crippen LogP contribution in [0, 0.1) is 0 Å². The molecule has 1 unspecified atom stereocenters. The Morgan fingerprint density at radius 1 is 1.24 bits per heavy atom. The molecule has 0 amide bonds. The van der Waals surface area contributed by atoms with Crippen LogP contribution in [0.15, 0.2) is 24.3 Å². The minimum atomic E-state index is -3.67. The lowest BCUT2D eigenvalue weighted by Crippen LogP contribution is -2.46. The summed E-state index contributed by atoms with van der Waals surface area (Å²) in [5.74, 6) is 1.07. The van der Waals surface area contributed by atoms with E-state index in [-0.39, 0.29) is 11.6 Å². The van der Waals surface area contributed by atoms with Crippen LogP contribution in [0.1, 0.15) is 32.3 Å². The molecule has 1 fully saturated rings. The highest BCUT2D eigenvalue weighted by molar-refractivity contribution is 7.85. The molecule has 0 spiro atoms. The van der Waals surface area contributed by atoms with Gasteiger partial charge in [-0.15, -0.1) is 0 Å². The van der Waals surface area contributed by atoms with Crippen molar-refractivity contribution in [3.63, 3.8) is 0 Å². The molecule has 1 atom stereocenters. The predicted octanol–water partition coefficient (Wildman–Crippen LogP) is 2.28. The highest BCUT2D eigenvalue weighted by Crippen LogP contribution is 2.44. The van der Waals surface area contributed by atoms with Gasteiger partial charge >= 0.3 is 0 Å². The molecule has 1 aromatic rings. The third-order valence-corrected chi connectivity index (χ3v) is 3.91. The van der Waals surface area contributed by atoms with E-state index in [9.17, 15) is 8.42 Å². The van der Waals surface area contributed by atoms with E-state index < -0.39 is 10.1 Å². The maximum Gasteiger partial charge on any atom is 0.261 e. The Morgan fingerprint density at radius 3 is 2.29 bits per heavy atom. The number of rotatable bonds is 1. The van der Waals surface area contributed by atoms with Crippen molar-refractivity contribution in [1.82, 2.24) is 4.90 Å². The van der Waals surface area contributed by atoms with Crippen molar-refractivity contribution in [2.24, 2.45) is 0 Å². The van der Waals surface area contributed by atoms with Gasteiger partial charge in [0.2, 0.25) is 0 Å². The van der Waals surface area contributed by atoms with E-state index >= 15 is 0 Å². The number of benzene rings is 1. The Kier molecular flexibility index (Phi) is 4.60. The van der Waals surface area contributed by atoms with Crippen LogP contribution in [0.25, 0.3) is 0 Å². The lowest BCUT2D eigenvalue weighted by molar-refractivity contribution is 0.0143. The van der Waals surface area contributed by atoms with Crippen molar-refractivity contribution in [1.29, 1.82) is 0 Å². The van der Waals surface area contributed by atoms with Gasteiger partial charge in [0.25, 0.3) is 10.1 Å². The summed E-state index contributed by atoms with van der Waals surface area (Å²) >= 11 is 0. The number of hydrogen-bond donors (Lipinski definition) is 1. The molecule has 2 aliphatic rings. The standard InChI is InChI=1S/C14H19NO.CH4O3S/c1-14(2)11-7-3-4-8-12(11)16-13(14)15-9-5-6-10-15;1-5(2,3)4/h3-4,7-8,13H,5-6,9-10H2,1-2H3;1H3,(H,2,3,4). The predicted molar refractivity (Wildman–Crippen MR) is 82.2 cm³/mol. The van der Waals surface area contributed by atoms with Crippen LogP contribution in [0.3, 0.4) is 0 Å². The van der Waals surface area contributed by atoms with Crippen LogP contribution in [-0.4, -0.2) is 43.4 Å². The van der Waals surface area contributed by atoms with Crippen LogP contribution in [-0.2, 0) is 15.5 Å². The van der Waals surface area contributed by atoms with Crippen molar-refractivity contribution >= 4 is 10.1 Å². The van der Waals surface area contributed by atoms with Crippen LogP contribution in [0.5, 0.6) is 5.75 Å². The van der Waals surface area contributed by atoms with E-state index in [0.29, 0.717) is 6.26 Å². The van der Waals surface area contributed by atoms with Crippen molar-refractivity contribution < 1.29 is 17.7 Å². The van der Waals surface area contributed by atoms with Crippen LogP contribution >= 0.6 is 0 Å². The third kappa shape index (κ3) is 3.96. The molecule has 1 N–H and O–H groups in total. The molecule has 5 nitrogen and oxygen atoms in total. The van der Waals surface area contributed by atoms with Gasteiger partial charge < -0.3 is 4.74 Å². The zero-order valence-corrected chi connectivity index (χ0v) is 13.6. The number of ether oxygens (including phenoxy) is 1. The Hall–Kier alpha value is -1.11. The van der Waals surface area contributed by atoms with E-state index in [1.165, 1.54) is 31.5 Å². The highest BCUT2D eigenvalue weighted by atomic mass is 32.2. The Labute approximate surface area is 126 Å². The van der Waals surface area contributed by atoms with Crippen molar-refractivity contribution in [3.8, 4) is 5.75 Å². The molecule has 0 saturated carbocycles. The fraction of sp³-hybridized carbons (Fsp3) is 0.600. The first-order valence-electron chi connectivity index (χ1n) is 7.12. The normalized spacial score (nSPS) is 23.9. The lowest BCUT2D eigenvalue weighted by atomic mass is 9.84. The van der Waals surface area contributed by atoms with Gasteiger partial charge in [0.05, 0.1) is 6.26 Å². The van der Waals surface area contributed by atoms with Crippen LogP contribution in [0.2, 0.25) is 0 Å². The number of nitrogens with zero attached hydrogens (tertiary/aromatic N) is 1. The first-order valence-corrected chi connectivity index (χ1v) is 8.97. The van der Waals surface area contributed by atoms with Gasteiger partial charge in [-0.3, -0.25) is 9.45 Å². The first kappa shape index (κ1) is 16.3. The van der Waals surface area contributed by atoms with Gasteiger partial charge in [-0.1, -0.05) is 32.0 Å². The van der Waals surface area contributed by atoms with E-state index in [1.54, 1.807) is 0 Å². The number of hydrogen-bond acceptors (Lipinski definition) is 4. The molecule has 1 saturated heterocycles. The number of para-hydroxylation sites is 1. The first-order chi connectivity index (χ1) is 9.69. The summed E-state index contributed by atoms with van der Waals surface area (Å²) in [6.07, 6.45) is 3.57. The van der Waals surface area contributed by atoms with Gasteiger partial charge in [-0.25, -0.2) is 0 Å². The average Bonchev–Trinajstić information content (AvgIpc) is 2.94. The second kappa shape index (κ2) is 5.94. The minimum Gasteiger partial charge on any atom is -0.474 e. The molecule has 0 bridgehead atoms. The fourth-order valence-electron chi connectivity index (χ4n) is 3.01. The number of likely N-dealkylation sites (tertiary alicyclic amines) is 1. The minimum absolute atomic E-state index is 0.112. The monoisotopic (exact) mass is 313 g/mol. The molecule has 1 aromatic carbocycles. The topological polar surface area (TPSA) is 66.8 Å². The average molecular weight is 313 g/mol. The molecular weight excluding hydrogens is 290 g/mol. The summed E-state index contributed by atoms with van der Waals surface area (Å²) in [6, 6.07) is 8.45. The molecule has 6 heteroatoms. The van der Waals surface area contributed by atoms with Gasteiger partial charge in [0.15, 0.2) is 6.23 Å². The fourth-order valence-corrected chi connectivity index (χ4v) is 3.01. The second-order valence-corrected chi connectivity index (χ2v) is 7.63. The largest absolute Gasteiger partial charge is 0.474 e. The second-order valence-electron chi connectivity index (χ2n) is 6.16. The molecule has 118 valence electrons. The van der Waals surface area contributed by atoms with Crippen LogP contribution in [0.4, 0.5) is 0 Å². The lowest BCUT2D eigenvalue weighted by Gasteiger charge is -2.33.